The second-order valence-corrected chi connectivity index (χ2v) is 9.61. The fraction of sp³-hybridized carbons (Fsp3) is 0.286. The highest BCUT2D eigenvalue weighted by Crippen LogP contribution is 2.32. The third-order valence-corrected chi connectivity index (χ3v) is 6.28. The Balaban J connectivity index is 0.000000522. The molecule has 3 rings (SSSR count). The van der Waals surface area contributed by atoms with Crippen molar-refractivity contribution in [2.24, 2.45) is 0 Å². The van der Waals surface area contributed by atoms with Crippen molar-refractivity contribution in [3.05, 3.63) is 54.4 Å². The van der Waals surface area contributed by atoms with Crippen molar-refractivity contribution in [2.75, 3.05) is 4.90 Å². The van der Waals surface area contributed by atoms with Gasteiger partial charge in [-0.3, -0.25) is 9.78 Å². The van der Waals surface area contributed by atoms with Crippen LogP contribution < -0.4 is 4.90 Å². The van der Waals surface area contributed by atoms with E-state index in [9.17, 15) is 57.5 Å². The van der Waals surface area contributed by atoms with Gasteiger partial charge in [-0.1, -0.05) is 0 Å². The minimum atomic E-state index is -5.51. The fourth-order valence-electron chi connectivity index (χ4n) is 2.74. The van der Waals surface area contributed by atoms with Gasteiger partial charge in [0.05, 0.1) is 10.6 Å². The first kappa shape index (κ1) is 35.6. The molecule has 0 radical (unpaired) electrons. The van der Waals surface area contributed by atoms with Crippen molar-refractivity contribution < 1.29 is 77.3 Å². The standard InChI is InChI=1S/C17H14F3N3O4S.2C2HF3O2/c1-11-15(24)23(16(25)22(11)10-12-6-8-21-9-7-12)13-2-4-14(5-3-13)28(26,27)17(18,19)20;2*3-2(4,5)1(6)7/h2-9,11H,10H2,1H3;2*(H,6,7)/t11-;;/m0../s1. The van der Waals surface area contributed by atoms with Gasteiger partial charge in [-0.15, -0.1) is 0 Å². The number of urea groups is 1. The number of hydrogen-bond acceptors (Lipinski definition) is 7. The molecule has 1 fully saturated rings. The second-order valence-electron chi connectivity index (χ2n) is 7.66. The summed E-state index contributed by atoms with van der Waals surface area (Å²) in [5, 5.41) is 14.2. The van der Waals surface area contributed by atoms with E-state index in [1.165, 1.54) is 11.8 Å². The van der Waals surface area contributed by atoms with Crippen LogP contribution in [0.2, 0.25) is 0 Å². The van der Waals surface area contributed by atoms with Crippen LogP contribution in [0.4, 0.5) is 50.0 Å². The van der Waals surface area contributed by atoms with Gasteiger partial charge in [-0.2, -0.15) is 39.5 Å². The number of aromatic nitrogens is 1. The monoisotopic (exact) mass is 641 g/mol. The Hall–Kier alpha value is -4.43. The minimum Gasteiger partial charge on any atom is -0.475 e. The molecule has 1 saturated heterocycles. The van der Waals surface area contributed by atoms with Crippen LogP contribution in [0, 0.1) is 0 Å². The predicted molar refractivity (Wildman–Crippen MR) is 119 cm³/mol. The largest absolute Gasteiger partial charge is 0.501 e. The van der Waals surface area contributed by atoms with Crippen LogP contribution in [-0.2, 0) is 30.8 Å². The van der Waals surface area contributed by atoms with Gasteiger partial charge in [0, 0.05) is 18.9 Å². The number of carboxylic acid groups (broad SMARTS) is 2. The summed E-state index contributed by atoms with van der Waals surface area (Å²) in [6.07, 6.45) is -7.08. The second kappa shape index (κ2) is 13.0. The van der Waals surface area contributed by atoms with E-state index in [2.05, 4.69) is 4.98 Å². The van der Waals surface area contributed by atoms with E-state index in [-0.39, 0.29) is 12.2 Å². The molecule has 2 heterocycles. The molecule has 0 aliphatic carbocycles. The number of amides is 3. The summed E-state index contributed by atoms with van der Waals surface area (Å²) in [5.74, 6) is -6.08. The molecule has 1 aliphatic rings. The highest BCUT2D eigenvalue weighted by Gasteiger charge is 2.47. The maximum atomic E-state index is 12.7. The predicted octanol–water partition coefficient (Wildman–Crippen LogP) is 4.00. The Morgan fingerprint density at radius 3 is 1.60 bits per heavy atom. The van der Waals surface area contributed by atoms with Crippen molar-refractivity contribution in [1.29, 1.82) is 0 Å². The lowest BCUT2D eigenvalue weighted by molar-refractivity contribution is -0.193. The molecule has 21 heteroatoms. The summed E-state index contributed by atoms with van der Waals surface area (Å²) in [6.45, 7) is 1.68. The molecular weight excluding hydrogens is 625 g/mol. The number of carbonyl (C=O) groups excluding carboxylic acids is 2. The molecule has 0 bridgehead atoms. The van der Waals surface area contributed by atoms with Crippen molar-refractivity contribution >= 4 is 39.4 Å². The molecule has 0 saturated carbocycles. The average molecular weight is 641 g/mol. The average Bonchev–Trinajstić information content (AvgIpc) is 3.06. The highest BCUT2D eigenvalue weighted by atomic mass is 32.2. The molecule has 0 spiro atoms. The maximum absolute atomic E-state index is 12.7. The summed E-state index contributed by atoms with van der Waals surface area (Å²) in [7, 11) is -5.51. The van der Waals surface area contributed by atoms with E-state index in [1.54, 1.807) is 24.5 Å². The smallest absolute Gasteiger partial charge is 0.475 e. The number of carbonyl (C=O) groups is 4. The zero-order valence-corrected chi connectivity index (χ0v) is 21.2. The first-order valence-electron chi connectivity index (χ1n) is 10.5. The van der Waals surface area contributed by atoms with Crippen LogP contribution in [0.1, 0.15) is 12.5 Å². The fourth-order valence-corrected chi connectivity index (χ4v) is 3.51. The van der Waals surface area contributed by atoms with Crippen molar-refractivity contribution in [3.63, 3.8) is 0 Å². The van der Waals surface area contributed by atoms with Gasteiger partial charge in [-0.05, 0) is 48.9 Å². The van der Waals surface area contributed by atoms with Gasteiger partial charge in [0.2, 0.25) is 0 Å². The molecule has 1 aromatic carbocycles. The van der Waals surface area contributed by atoms with E-state index in [0.717, 1.165) is 34.7 Å². The summed E-state index contributed by atoms with van der Waals surface area (Å²) in [4.78, 5) is 48.0. The highest BCUT2D eigenvalue weighted by molar-refractivity contribution is 7.92. The van der Waals surface area contributed by atoms with E-state index in [4.69, 9.17) is 19.8 Å². The number of imide groups is 1. The summed E-state index contributed by atoms with van der Waals surface area (Å²) < 4.78 is 124. The first-order chi connectivity index (χ1) is 18.9. The Kier molecular flexibility index (Phi) is 11.1. The van der Waals surface area contributed by atoms with Crippen molar-refractivity contribution in [1.82, 2.24) is 9.88 Å². The Labute approximate surface area is 228 Å². The molecule has 1 aliphatic heterocycles. The molecule has 232 valence electrons. The maximum Gasteiger partial charge on any atom is 0.501 e. The van der Waals surface area contributed by atoms with Crippen LogP contribution in [-0.4, -0.2) is 76.3 Å². The third kappa shape index (κ3) is 9.04. The Morgan fingerprint density at radius 2 is 1.24 bits per heavy atom. The number of benzene rings is 1. The van der Waals surface area contributed by atoms with Gasteiger partial charge >= 0.3 is 35.8 Å². The molecular formula is C21H16F9N3O8S. The zero-order chi connectivity index (χ0) is 32.8. The lowest BCUT2D eigenvalue weighted by Gasteiger charge is -2.19. The van der Waals surface area contributed by atoms with Gasteiger partial charge in [0.15, 0.2) is 0 Å². The summed E-state index contributed by atoms with van der Waals surface area (Å²) in [6, 6.07) is 5.35. The van der Waals surface area contributed by atoms with Crippen molar-refractivity contribution in [2.45, 2.75) is 42.3 Å². The molecule has 0 unspecified atom stereocenters. The number of sulfone groups is 1. The third-order valence-electron chi connectivity index (χ3n) is 4.78. The lowest BCUT2D eigenvalue weighted by atomic mass is 10.2. The lowest BCUT2D eigenvalue weighted by Crippen LogP contribution is -2.33. The molecule has 2 aromatic rings. The number of carboxylic acids is 2. The van der Waals surface area contributed by atoms with Crippen LogP contribution >= 0.6 is 0 Å². The van der Waals surface area contributed by atoms with Crippen LogP contribution in [0.5, 0.6) is 0 Å². The number of alkyl halides is 9. The molecule has 2 N–H and O–H groups in total. The minimum absolute atomic E-state index is 0.0137. The van der Waals surface area contributed by atoms with E-state index >= 15 is 0 Å². The van der Waals surface area contributed by atoms with Crippen molar-refractivity contribution in [3.8, 4) is 0 Å². The van der Waals surface area contributed by atoms with Crippen LogP contribution in [0.25, 0.3) is 0 Å². The van der Waals surface area contributed by atoms with E-state index in [0.29, 0.717) is 0 Å². The number of halogens is 9. The Morgan fingerprint density at radius 1 is 0.833 bits per heavy atom. The number of pyridine rings is 1. The SMILES string of the molecule is C[C@H]1C(=O)N(c2ccc(S(=O)(=O)C(F)(F)F)cc2)C(=O)N1Cc1ccncc1.O=C(O)C(F)(F)F.O=C(O)C(F)(F)F. The van der Waals surface area contributed by atoms with Gasteiger partial charge in [0.1, 0.15) is 6.04 Å². The number of rotatable bonds is 4. The molecule has 3 amide bonds. The molecule has 1 aromatic heterocycles. The van der Waals surface area contributed by atoms with Crippen LogP contribution in [0.3, 0.4) is 0 Å². The van der Waals surface area contributed by atoms with E-state index in [1.807, 2.05) is 0 Å². The first-order valence-corrected chi connectivity index (χ1v) is 12.0. The number of hydrogen-bond donors (Lipinski definition) is 2. The molecule has 42 heavy (non-hydrogen) atoms. The van der Waals surface area contributed by atoms with Gasteiger partial charge < -0.3 is 15.1 Å². The Bertz CT molecular complexity index is 1370. The quantitative estimate of drug-likeness (QED) is 0.371. The molecule has 1 atom stereocenters. The van der Waals surface area contributed by atoms with Gasteiger partial charge in [0.25, 0.3) is 15.7 Å². The van der Waals surface area contributed by atoms with Crippen LogP contribution in [0.15, 0.2) is 53.7 Å². The molecule has 11 nitrogen and oxygen atoms in total. The van der Waals surface area contributed by atoms with E-state index < -0.39 is 62.5 Å². The van der Waals surface area contributed by atoms with Gasteiger partial charge in [-0.25, -0.2) is 27.7 Å². The zero-order valence-electron chi connectivity index (χ0n) is 20.4. The topological polar surface area (TPSA) is 162 Å². The normalized spacial score (nSPS) is 15.8. The number of aliphatic carboxylic acids is 2. The number of anilines is 1. The summed E-state index contributed by atoms with van der Waals surface area (Å²) in [5.41, 5.74) is -4.71. The number of nitrogens with zero attached hydrogens (tertiary/aromatic N) is 3. The summed E-state index contributed by atoms with van der Waals surface area (Å²) >= 11 is 0.